The van der Waals surface area contributed by atoms with Crippen molar-refractivity contribution in [2.75, 3.05) is 19.7 Å². The molecule has 0 unspecified atom stereocenters. The highest BCUT2D eigenvalue weighted by Gasteiger charge is 2.43. The quantitative estimate of drug-likeness (QED) is 0.761. The molecule has 0 bridgehead atoms. The molecule has 2 aliphatic heterocycles. The van der Waals surface area contributed by atoms with Crippen LogP contribution in [0, 0.1) is 0 Å². The minimum Gasteiger partial charge on any atom is -0.465 e. The number of alkyl halides is 3. The number of piperidine rings is 1. The van der Waals surface area contributed by atoms with Gasteiger partial charge in [0.15, 0.2) is 0 Å². The number of aromatic nitrogens is 1. The number of likely N-dealkylation sites (tertiary alicyclic amines) is 1. The molecule has 0 radical (unpaired) electrons. The van der Waals surface area contributed by atoms with Crippen LogP contribution in [-0.4, -0.2) is 46.4 Å². The second kappa shape index (κ2) is 7.79. The van der Waals surface area contributed by atoms with E-state index in [9.17, 15) is 18.0 Å². The highest BCUT2D eigenvalue weighted by molar-refractivity contribution is 5.65. The second-order valence-corrected chi connectivity index (χ2v) is 7.72. The fourth-order valence-electron chi connectivity index (χ4n) is 4.07. The number of carbonyl (C=O) groups is 1. The average Bonchev–Trinajstić information content (AvgIpc) is 3.12. The van der Waals surface area contributed by atoms with E-state index < -0.39 is 17.8 Å². The molecule has 3 heterocycles. The highest BCUT2D eigenvalue weighted by Crippen LogP contribution is 2.43. The van der Waals surface area contributed by atoms with Gasteiger partial charge in [-0.15, -0.1) is 0 Å². The van der Waals surface area contributed by atoms with E-state index in [0.717, 1.165) is 24.2 Å². The summed E-state index contributed by atoms with van der Waals surface area (Å²) in [5, 5.41) is 9.12. The molecule has 1 aromatic heterocycles. The molecular formula is C21H21F3N2O4. The molecule has 2 fully saturated rings. The Bertz CT molecular complexity index is 909. The fourth-order valence-corrected chi connectivity index (χ4v) is 4.07. The molecular weight excluding hydrogens is 401 g/mol. The summed E-state index contributed by atoms with van der Waals surface area (Å²) in [6, 6.07) is 9.49. The number of nitrogens with zero attached hydrogens (tertiary/aromatic N) is 2. The number of rotatable bonds is 3. The monoisotopic (exact) mass is 422 g/mol. The summed E-state index contributed by atoms with van der Waals surface area (Å²) in [6.45, 7) is 1.46. The lowest BCUT2D eigenvalue weighted by Crippen LogP contribution is -2.45. The van der Waals surface area contributed by atoms with Gasteiger partial charge >= 0.3 is 12.3 Å². The van der Waals surface area contributed by atoms with Gasteiger partial charge in [-0.2, -0.15) is 13.2 Å². The summed E-state index contributed by atoms with van der Waals surface area (Å²) in [5.41, 5.74) is -0.120. The zero-order valence-electron chi connectivity index (χ0n) is 16.1. The van der Waals surface area contributed by atoms with Crippen LogP contribution in [0.25, 0.3) is 0 Å². The summed E-state index contributed by atoms with van der Waals surface area (Å²) < 4.78 is 49.7. The molecule has 9 heteroatoms. The predicted molar refractivity (Wildman–Crippen MR) is 101 cm³/mol. The number of pyridine rings is 1. The molecule has 2 aliphatic rings. The van der Waals surface area contributed by atoms with Gasteiger partial charge in [0.2, 0.25) is 5.88 Å². The van der Waals surface area contributed by atoms with Gasteiger partial charge in [0, 0.05) is 31.3 Å². The standard InChI is InChI=1S/C21H21F3N2O4/c22-21(23,24)16-4-5-18(25-12-16)30-17-3-1-2-14(10-17)15-11-20(29-13-15)6-8-26(9-7-20)19(27)28/h1-5,10,12,15H,6-9,11,13H2,(H,27,28)/t15-/m1/s1. The first-order valence-electron chi connectivity index (χ1n) is 9.67. The number of benzene rings is 1. The lowest BCUT2D eigenvalue weighted by Gasteiger charge is -2.37. The van der Waals surface area contributed by atoms with E-state index >= 15 is 0 Å². The Labute approximate surface area is 171 Å². The Morgan fingerprint density at radius 1 is 1.23 bits per heavy atom. The molecule has 1 aromatic carbocycles. The minimum atomic E-state index is -4.44. The molecule has 2 saturated heterocycles. The molecule has 160 valence electrons. The van der Waals surface area contributed by atoms with Gasteiger partial charge in [0.25, 0.3) is 0 Å². The molecule has 0 saturated carbocycles. The van der Waals surface area contributed by atoms with Crippen LogP contribution in [0.4, 0.5) is 18.0 Å². The van der Waals surface area contributed by atoms with E-state index in [1.54, 1.807) is 6.07 Å². The van der Waals surface area contributed by atoms with Crippen LogP contribution in [0.2, 0.25) is 0 Å². The first-order valence-corrected chi connectivity index (χ1v) is 9.67. The molecule has 6 nitrogen and oxygen atoms in total. The summed E-state index contributed by atoms with van der Waals surface area (Å²) >= 11 is 0. The maximum absolute atomic E-state index is 12.7. The van der Waals surface area contributed by atoms with Gasteiger partial charge in [-0.25, -0.2) is 9.78 Å². The molecule has 4 rings (SSSR count). The Hall–Kier alpha value is -2.81. The predicted octanol–water partition coefficient (Wildman–Crippen LogP) is 4.91. The number of halogens is 3. The zero-order chi connectivity index (χ0) is 21.4. The molecule has 1 atom stereocenters. The van der Waals surface area contributed by atoms with Crippen molar-refractivity contribution in [2.45, 2.75) is 37.0 Å². The van der Waals surface area contributed by atoms with Crippen molar-refractivity contribution in [1.82, 2.24) is 9.88 Å². The lowest BCUT2D eigenvalue weighted by atomic mass is 9.83. The summed E-state index contributed by atoms with van der Waals surface area (Å²) in [6.07, 6.45) is -2.46. The molecule has 1 amide bonds. The third-order valence-corrected chi connectivity index (χ3v) is 5.77. The summed E-state index contributed by atoms with van der Waals surface area (Å²) in [4.78, 5) is 16.3. The van der Waals surface area contributed by atoms with Crippen LogP contribution in [0.1, 0.15) is 36.3 Å². The number of hydrogen-bond donors (Lipinski definition) is 1. The number of hydrogen-bond acceptors (Lipinski definition) is 4. The number of amides is 1. The maximum atomic E-state index is 12.7. The van der Waals surface area contributed by atoms with Crippen molar-refractivity contribution in [3.8, 4) is 11.6 Å². The molecule has 1 N–H and O–H groups in total. The SMILES string of the molecule is O=C(O)N1CCC2(CC1)C[C@@H](c1cccc(Oc3ccc(C(F)(F)F)cn3)c1)CO2. The van der Waals surface area contributed by atoms with Crippen molar-refractivity contribution in [1.29, 1.82) is 0 Å². The summed E-state index contributed by atoms with van der Waals surface area (Å²) in [5.74, 6) is 0.715. The fraction of sp³-hybridized carbons (Fsp3) is 0.429. The van der Waals surface area contributed by atoms with Gasteiger partial charge in [-0.1, -0.05) is 12.1 Å². The Morgan fingerprint density at radius 3 is 2.63 bits per heavy atom. The first kappa shape index (κ1) is 20.5. The van der Waals surface area contributed by atoms with Gasteiger partial charge in [0.05, 0.1) is 17.8 Å². The van der Waals surface area contributed by atoms with Crippen molar-refractivity contribution < 1.29 is 32.5 Å². The van der Waals surface area contributed by atoms with Crippen LogP contribution in [-0.2, 0) is 10.9 Å². The van der Waals surface area contributed by atoms with Gasteiger partial charge in [0.1, 0.15) is 5.75 Å². The molecule has 2 aromatic rings. The number of ether oxygens (including phenoxy) is 2. The van der Waals surface area contributed by atoms with Gasteiger partial charge < -0.3 is 19.5 Å². The van der Waals surface area contributed by atoms with E-state index in [1.165, 1.54) is 11.0 Å². The van der Waals surface area contributed by atoms with Crippen molar-refractivity contribution in [3.05, 3.63) is 53.7 Å². The average molecular weight is 422 g/mol. The Balaban J connectivity index is 1.41. The number of carboxylic acid groups (broad SMARTS) is 1. The van der Waals surface area contributed by atoms with Crippen molar-refractivity contribution in [3.63, 3.8) is 0 Å². The van der Waals surface area contributed by atoms with Gasteiger partial charge in [-0.05, 0) is 43.0 Å². The minimum absolute atomic E-state index is 0.0836. The van der Waals surface area contributed by atoms with E-state index in [1.807, 2.05) is 18.2 Å². The third kappa shape index (κ3) is 4.35. The van der Waals surface area contributed by atoms with Crippen LogP contribution >= 0.6 is 0 Å². The topological polar surface area (TPSA) is 71.9 Å². The van der Waals surface area contributed by atoms with E-state index in [-0.39, 0.29) is 17.4 Å². The Kier molecular flexibility index (Phi) is 5.31. The molecule has 1 spiro atoms. The van der Waals surface area contributed by atoms with Gasteiger partial charge in [-0.3, -0.25) is 0 Å². The zero-order valence-corrected chi connectivity index (χ0v) is 16.1. The van der Waals surface area contributed by atoms with Crippen molar-refractivity contribution >= 4 is 6.09 Å². The van der Waals surface area contributed by atoms with E-state index in [4.69, 9.17) is 14.6 Å². The Morgan fingerprint density at radius 2 is 2.00 bits per heavy atom. The largest absolute Gasteiger partial charge is 0.465 e. The summed E-state index contributed by atoms with van der Waals surface area (Å²) in [7, 11) is 0. The third-order valence-electron chi connectivity index (χ3n) is 5.77. The smallest absolute Gasteiger partial charge is 0.417 e. The first-order chi connectivity index (χ1) is 14.2. The molecule has 30 heavy (non-hydrogen) atoms. The van der Waals surface area contributed by atoms with Crippen LogP contribution in [0.15, 0.2) is 42.6 Å². The van der Waals surface area contributed by atoms with E-state index in [0.29, 0.717) is 38.3 Å². The second-order valence-electron chi connectivity index (χ2n) is 7.72. The normalized spacial score (nSPS) is 21.0. The maximum Gasteiger partial charge on any atom is 0.417 e. The van der Waals surface area contributed by atoms with Crippen LogP contribution in [0.3, 0.4) is 0 Å². The lowest BCUT2D eigenvalue weighted by molar-refractivity contribution is -0.137. The van der Waals surface area contributed by atoms with Crippen molar-refractivity contribution in [2.24, 2.45) is 0 Å². The van der Waals surface area contributed by atoms with Crippen LogP contribution in [0.5, 0.6) is 11.6 Å². The highest BCUT2D eigenvalue weighted by atomic mass is 19.4. The molecule has 0 aliphatic carbocycles. The van der Waals surface area contributed by atoms with Crippen LogP contribution < -0.4 is 4.74 Å². The van der Waals surface area contributed by atoms with E-state index in [2.05, 4.69) is 4.98 Å².